The van der Waals surface area contributed by atoms with E-state index in [-0.39, 0.29) is 11.5 Å². The van der Waals surface area contributed by atoms with E-state index in [1.807, 2.05) is 20.8 Å². The molecular formula is C7H14O2. The molecule has 0 amide bonds. The molecule has 2 heteroatoms. The summed E-state index contributed by atoms with van der Waals surface area (Å²) in [6.45, 7) is 7.37. The average Bonchev–Trinajstić information content (AvgIpc) is 1.62. The minimum absolute atomic E-state index is 0.0116. The van der Waals surface area contributed by atoms with Gasteiger partial charge < -0.3 is 9.84 Å². The monoisotopic (exact) mass is 130 g/mol. The van der Waals surface area contributed by atoms with Crippen molar-refractivity contribution in [3.63, 3.8) is 0 Å². The Morgan fingerprint density at radius 3 is 2.00 bits per heavy atom. The van der Waals surface area contributed by atoms with E-state index in [0.29, 0.717) is 0 Å². The van der Waals surface area contributed by atoms with Crippen LogP contribution in [0, 0.1) is 0 Å². The lowest BCUT2D eigenvalue weighted by atomic mass is 10.2. The third kappa shape index (κ3) is 5.21. The predicted octanol–water partition coefficient (Wildman–Crippen LogP) is 2.22. The van der Waals surface area contributed by atoms with E-state index in [0.717, 1.165) is 0 Å². The number of hydrogen-bond donors (Lipinski definition) is 1. The summed E-state index contributed by atoms with van der Waals surface area (Å²) in [5, 5.41) is 8.83. The van der Waals surface area contributed by atoms with Gasteiger partial charge in [0.25, 0.3) is 5.95 Å². The summed E-state index contributed by atoms with van der Waals surface area (Å²) in [5.74, 6) is -0.0116. The van der Waals surface area contributed by atoms with Crippen LogP contribution in [0.1, 0.15) is 27.7 Å². The number of rotatable bonds is 1. The maximum Gasteiger partial charge on any atom is 0.272 e. The van der Waals surface area contributed by atoms with Crippen LogP contribution < -0.4 is 0 Å². The first-order chi connectivity index (χ1) is 3.95. The maximum absolute atomic E-state index is 8.83. The molecule has 0 aromatic heterocycles. The Morgan fingerprint density at radius 1 is 1.44 bits per heavy atom. The van der Waals surface area contributed by atoms with Gasteiger partial charge in [0.2, 0.25) is 0 Å². The van der Waals surface area contributed by atoms with Gasteiger partial charge in [0, 0.05) is 0 Å². The molecule has 1 N–H and O–H groups in total. The molecule has 0 saturated heterocycles. The van der Waals surface area contributed by atoms with Gasteiger partial charge in [-0.2, -0.15) is 0 Å². The van der Waals surface area contributed by atoms with Crippen molar-refractivity contribution in [2.24, 2.45) is 0 Å². The van der Waals surface area contributed by atoms with Gasteiger partial charge in [0.15, 0.2) is 0 Å². The summed E-state index contributed by atoms with van der Waals surface area (Å²) < 4.78 is 5.00. The molecule has 2 nitrogen and oxygen atoms in total. The van der Waals surface area contributed by atoms with E-state index >= 15 is 0 Å². The highest BCUT2D eigenvalue weighted by Gasteiger charge is 2.11. The van der Waals surface area contributed by atoms with Gasteiger partial charge in [0.1, 0.15) is 5.60 Å². The first-order valence-electron chi connectivity index (χ1n) is 3.00. The van der Waals surface area contributed by atoms with Crippen LogP contribution in [0.25, 0.3) is 0 Å². The van der Waals surface area contributed by atoms with Crippen LogP contribution in [-0.4, -0.2) is 10.7 Å². The molecule has 0 spiro atoms. The van der Waals surface area contributed by atoms with Crippen molar-refractivity contribution in [1.82, 2.24) is 0 Å². The van der Waals surface area contributed by atoms with Crippen molar-refractivity contribution in [2.45, 2.75) is 33.3 Å². The Labute approximate surface area is 56.1 Å². The fraction of sp³-hybridized carbons (Fsp3) is 0.714. The van der Waals surface area contributed by atoms with Crippen molar-refractivity contribution >= 4 is 0 Å². The lowest BCUT2D eigenvalue weighted by Crippen LogP contribution is -2.18. The molecule has 0 aliphatic heterocycles. The van der Waals surface area contributed by atoms with Gasteiger partial charge in [-0.15, -0.1) is 0 Å². The number of ether oxygens (including phenoxy) is 1. The van der Waals surface area contributed by atoms with Crippen molar-refractivity contribution in [2.75, 3.05) is 0 Å². The van der Waals surface area contributed by atoms with Gasteiger partial charge >= 0.3 is 0 Å². The van der Waals surface area contributed by atoms with Crippen LogP contribution in [0.5, 0.6) is 0 Å². The second kappa shape index (κ2) is 2.76. The van der Waals surface area contributed by atoms with E-state index in [4.69, 9.17) is 9.84 Å². The van der Waals surface area contributed by atoms with Crippen molar-refractivity contribution in [3.8, 4) is 0 Å². The Bertz CT molecular complexity index is 109. The van der Waals surface area contributed by atoms with Gasteiger partial charge in [0.05, 0.1) is 0 Å². The standard InChI is InChI=1S/C7H14O2/c1-5-6(8)9-7(2,3)4/h5,8H,1-4H3/b6-5-. The summed E-state index contributed by atoms with van der Waals surface area (Å²) in [4.78, 5) is 0. The van der Waals surface area contributed by atoms with E-state index < -0.39 is 0 Å². The largest absolute Gasteiger partial charge is 0.481 e. The molecule has 9 heavy (non-hydrogen) atoms. The molecule has 0 aliphatic carbocycles. The first kappa shape index (κ1) is 8.34. The molecular weight excluding hydrogens is 116 g/mol. The van der Waals surface area contributed by atoms with Crippen molar-refractivity contribution in [1.29, 1.82) is 0 Å². The first-order valence-corrected chi connectivity index (χ1v) is 3.00. The van der Waals surface area contributed by atoms with Crippen LogP contribution in [0.3, 0.4) is 0 Å². The molecule has 0 aromatic carbocycles. The van der Waals surface area contributed by atoms with Crippen LogP contribution >= 0.6 is 0 Å². The third-order valence-corrected chi connectivity index (χ3v) is 0.658. The summed E-state index contributed by atoms with van der Waals surface area (Å²) >= 11 is 0. The topological polar surface area (TPSA) is 29.5 Å². The molecule has 0 heterocycles. The smallest absolute Gasteiger partial charge is 0.272 e. The van der Waals surface area contributed by atoms with Gasteiger partial charge in [-0.3, -0.25) is 0 Å². The van der Waals surface area contributed by atoms with Crippen LogP contribution in [0.4, 0.5) is 0 Å². The molecule has 0 unspecified atom stereocenters. The summed E-state index contributed by atoms with van der Waals surface area (Å²) in [5.41, 5.74) is -0.295. The number of allylic oxidation sites excluding steroid dienone is 1. The average molecular weight is 130 g/mol. The zero-order valence-electron chi connectivity index (χ0n) is 6.43. The van der Waals surface area contributed by atoms with E-state index in [1.54, 1.807) is 6.92 Å². The number of aliphatic hydroxyl groups is 1. The minimum atomic E-state index is -0.295. The number of hydrogen-bond acceptors (Lipinski definition) is 2. The Morgan fingerprint density at radius 2 is 1.89 bits per heavy atom. The number of aliphatic hydroxyl groups excluding tert-OH is 1. The van der Waals surface area contributed by atoms with E-state index in [9.17, 15) is 0 Å². The highest BCUT2D eigenvalue weighted by atomic mass is 16.6. The second-order valence-corrected chi connectivity index (χ2v) is 2.84. The Hall–Kier alpha value is -0.660. The fourth-order valence-corrected chi connectivity index (χ4v) is 0.373. The summed E-state index contributed by atoms with van der Waals surface area (Å²) in [6.07, 6.45) is 1.52. The maximum atomic E-state index is 8.83. The summed E-state index contributed by atoms with van der Waals surface area (Å²) in [7, 11) is 0. The third-order valence-electron chi connectivity index (χ3n) is 0.658. The minimum Gasteiger partial charge on any atom is -0.481 e. The van der Waals surface area contributed by atoms with Gasteiger partial charge in [-0.25, -0.2) is 0 Å². The molecule has 0 aliphatic rings. The van der Waals surface area contributed by atoms with Crippen molar-refractivity contribution in [3.05, 3.63) is 12.0 Å². The van der Waals surface area contributed by atoms with Gasteiger partial charge in [-0.05, 0) is 33.8 Å². The molecule has 0 saturated carbocycles. The fourth-order valence-electron chi connectivity index (χ4n) is 0.373. The second-order valence-electron chi connectivity index (χ2n) is 2.84. The quantitative estimate of drug-likeness (QED) is 0.551. The molecule has 0 rings (SSSR count). The zero-order chi connectivity index (χ0) is 7.49. The predicted molar refractivity (Wildman–Crippen MR) is 37.2 cm³/mol. The Balaban J connectivity index is 3.75. The summed E-state index contributed by atoms with van der Waals surface area (Å²) in [6, 6.07) is 0. The molecule has 0 aromatic rings. The van der Waals surface area contributed by atoms with E-state index in [2.05, 4.69) is 0 Å². The molecule has 0 fully saturated rings. The molecule has 0 bridgehead atoms. The Kier molecular flexibility index (Phi) is 2.56. The highest BCUT2D eigenvalue weighted by molar-refractivity contribution is 4.79. The zero-order valence-corrected chi connectivity index (χ0v) is 6.43. The molecule has 54 valence electrons. The lowest BCUT2D eigenvalue weighted by molar-refractivity contribution is -0.0148. The van der Waals surface area contributed by atoms with Crippen LogP contribution in [0.2, 0.25) is 0 Å². The highest BCUT2D eigenvalue weighted by Crippen LogP contribution is 2.10. The molecule has 0 atom stereocenters. The van der Waals surface area contributed by atoms with E-state index in [1.165, 1.54) is 6.08 Å². The molecule has 0 radical (unpaired) electrons. The lowest BCUT2D eigenvalue weighted by Gasteiger charge is -2.19. The van der Waals surface area contributed by atoms with Gasteiger partial charge in [-0.1, -0.05) is 0 Å². The SMILES string of the molecule is C/C=C(/O)OC(C)(C)C. The van der Waals surface area contributed by atoms with Crippen LogP contribution in [0.15, 0.2) is 12.0 Å². The van der Waals surface area contributed by atoms with Crippen LogP contribution in [-0.2, 0) is 4.74 Å². The van der Waals surface area contributed by atoms with Crippen molar-refractivity contribution < 1.29 is 9.84 Å². The normalized spacial score (nSPS) is 13.6.